The lowest BCUT2D eigenvalue weighted by atomic mass is 9.93. The van der Waals surface area contributed by atoms with Gasteiger partial charge in [0.2, 0.25) is 10.0 Å². The van der Waals surface area contributed by atoms with Crippen LogP contribution in [0.2, 0.25) is 0 Å². The van der Waals surface area contributed by atoms with Gasteiger partial charge in [-0.15, -0.1) is 0 Å². The summed E-state index contributed by atoms with van der Waals surface area (Å²) >= 11 is 0. The second kappa shape index (κ2) is 5.79. The number of nitrogens with two attached hydrogens (primary N) is 1. The molecule has 1 aromatic carbocycles. The van der Waals surface area contributed by atoms with Crippen molar-refractivity contribution in [3.8, 4) is 0 Å². The minimum Gasteiger partial charge on any atom is -0.328 e. The summed E-state index contributed by atoms with van der Waals surface area (Å²) in [5.74, 6) is -0.414. The van der Waals surface area contributed by atoms with Gasteiger partial charge in [0.1, 0.15) is 5.82 Å². The van der Waals surface area contributed by atoms with Crippen LogP contribution in [0.3, 0.4) is 0 Å². The average Bonchev–Trinajstić information content (AvgIpc) is 2.30. The highest BCUT2D eigenvalue weighted by Crippen LogP contribution is 2.24. The van der Waals surface area contributed by atoms with Crippen LogP contribution in [0.5, 0.6) is 0 Å². The van der Waals surface area contributed by atoms with Crippen LogP contribution in [0.1, 0.15) is 36.8 Å². The van der Waals surface area contributed by atoms with Crippen molar-refractivity contribution in [1.82, 2.24) is 4.72 Å². The second-order valence-electron chi connectivity index (χ2n) is 5.60. The first-order valence-corrected chi connectivity index (χ1v) is 8.32. The van der Waals surface area contributed by atoms with Crippen molar-refractivity contribution in [3.63, 3.8) is 0 Å². The largest absolute Gasteiger partial charge is 0.328 e. The first-order valence-electron chi connectivity index (χ1n) is 6.84. The van der Waals surface area contributed by atoms with Crippen LogP contribution in [0, 0.1) is 19.7 Å². The van der Waals surface area contributed by atoms with Gasteiger partial charge in [-0.2, -0.15) is 0 Å². The molecule has 0 aliphatic heterocycles. The van der Waals surface area contributed by atoms with Crippen molar-refractivity contribution in [2.45, 2.75) is 56.5 Å². The molecule has 3 N–H and O–H groups in total. The van der Waals surface area contributed by atoms with E-state index >= 15 is 0 Å². The Morgan fingerprint density at radius 2 is 1.65 bits per heavy atom. The van der Waals surface area contributed by atoms with Crippen LogP contribution in [-0.2, 0) is 10.0 Å². The fourth-order valence-electron chi connectivity index (χ4n) is 2.84. The Morgan fingerprint density at radius 3 is 2.15 bits per heavy atom. The maximum atomic E-state index is 13.3. The Labute approximate surface area is 119 Å². The average molecular weight is 300 g/mol. The third kappa shape index (κ3) is 3.37. The number of nitrogens with one attached hydrogen (secondary N) is 1. The summed E-state index contributed by atoms with van der Waals surface area (Å²) < 4.78 is 40.9. The molecule has 112 valence electrons. The highest BCUT2D eigenvalue weighted by Gasteiger charge is 2.26. The zero-order valence-corrected chi connectivity index (χ0v) is 12.6. The van der Waals surface area contributed by atoms with E-state index in [1.165, 1.54) is 12.1 Å². The van der Waals surface area contributed by atoms with E-state index in [4.69, 9.17) is 5.73 Å². The van der Waals surface area contributed by atoms with Crippen molar-refractivity contribution in [2.24, 2.45) is 5.73 Å². The standard InChI is InChI=1S/C14H21FN2O2S/c1-9-7-11(15)8-10(2)14(9)20(18,19)17-13-5-3-12(16)4-6-13/h7-8,12-13,17H,3-6,16H2,1-2H3. The molecule has 0 unspecified atom stereocenters. The van der Waals surface area contributed by atoms with Gasteiger partial charge in [0, 0.05) is 12.1 Å². The first-order chi connectivity index (χ1) is 9.29. The number of sulfonamides is 1. The van der Waals surface area contributed by atoms with Gasteiger partial charge in [0.25, 0.3) is 0 Å². The first kappa shape index (κ1) is 15.4. The highest BCUT2D eigenvalue weighted by atomic mass is 32.2. The predicted molar refractivity (Wildman–Crippen MR) is 76.4 cm³/mol. The fourth-order valence-corrected chi connectivity index (χ4v) is 4.59. The van der Waals surface area contributed by atoms with Crippen LogP contribution < -0.4 is 10.5 Å². The summed E-state index contributed by atoms with van der Waals surface area (Å²) in [5.41, 5.74) is 6.68. The summed E-state index contributed by atoms with van der Waals surface area (Å²) in [6, 6.07) is 2.59. The molecule has 1 fully saturated rings. The van der Waals surface area contributed by atoms with Crippen molar-refractivity contribution in [2.75, 3.05) is 0 Å². The van der Waals surface area contributed by atoms with E-state index in [1.807, 2.05) is 0 Å². The molecule has 0 heterocycles. The zero-order chi connectivity index (χ0) is 14.9. The number of rotatable bonds is 3. The maximum Gasteiger partial charge on any atom is 0.241 e. The van der Waals surface area contributed by atoms with Gasteiger partial charge in [0.05, 0.1) is 4.90 Å². The van der Waals surface area contributed by atoms with E-state index in [2.05, 4.69) is 4.72 Å². The third-order valence-electron chi connectivity index (χ3n) is 3.79. The Morgan fingerprint density at radius 1 is 1.15 bits per heavy atom. The molecule has 20 heavy (non-hydrogen) atoms. The Kier molecular flexibility index (Phi) is 4.46. The van der Waals surface area contributed by atoms with Crippen LogP contribution in [0.4, 0.5) is 4.39 Å². The monoisotopic (exact) mass is 300 g/mol. The molecule has 2 rings (SSSR count). The summed E-state index contributed by atoms with van der Waals surface area (Å²) in [6.45, 7) is 3.23. The van der Waals surface area contributed by atoms with E-state index in [9.17, 15) is 12.8 Å². The van der Waals surface area contributed by atoms with E-state index in [0.29, 0.717) is 11.1 Å². The van der Waals surface area contributed by atoms with Gasteiger partial charge in [-0.05, 0) is 62.8 Å². The molecule has 1 aliphatic carbocycles. The Bertz CT molecular complexity index is 570. The van der Waals surface area contributed by atoms with Crippen molar-refractivity contribution < 1.29 is 12.8 Å². The Balaban J connectivity index is 2.23. The van der Waals surface area contributed by atoms with Gasteiger partial charge >= 0.3 is 0 Å². The molecule has 1 aliphatic rings. The molecule has 0 aromatic heterocycles. The lowest BCUT2D eigenvalue weighted by Crippen LogP contribution is -2.40. The maximum absolute atomic E-state index is 13.3. The lowest BCUT2D eigenvalue weighted by molar-refractivity contribution is 0.373. The third-order valence-corrected chi connectivity index (χ3v) is 5.61. The fraction of sp³-hybridized carbons (Fsp3) is 0.571. The van der Waals surface area contributed by atoms with Crippen molar-refractivity contribution in [1.29, 1.82) is 0 Å². The summed E-state index contributed by atoms with van der Waals surface area (Å²) in [7, 11) is -3.61. The van der Waals surface area contributed by atoms with Crippen LogP contribution in [0.15, 0.2) is 17.0 Å². The number of halogens is 1. The van der Waals surface area contributed by atoms with Crippen molar-refractivity contribution >= 4 is 10.0 Å². The molecule has 6 heteroatoms. The minimum absolute atomic E-state index is 0.0800. The van der Waals surface area contributed by atoms with E-state index < -0.39 is 15.8 Å². The van der Waals surface area contributed by atoms with Crippen LogP contribution in [0.25, 0.3) is 0 Å². The van der Waals surface area contributed by atoms with Crippen LogP contribution in [-0.4, -0.2) is 20.5 Å². The van der Waals surface area contributed by atoms with E-state index in [-0.39, 0.29) is 17.0 Å². The molecular weight excluding hydrogens is 279 g/mol. The molecule has 1 saturated carbocycles. The normalized spacial score (nSPS) is 23.8. The molecule has 4 nitrogen and oxygen atoms in total. The SMILES string of the molecule is Cc1cc(F)cc(C)c1S(=O)(=O)NC1CCC(N)CC1. The topological polar surface area (TPSA) is 72.2 Å². The molecular formula is C14H21FN2O2S. The zero-order valence-electron chi connectivity index (χ0n) is 11.8. The Hall–Kier alpha value is -0.980. The molecule has 1 aromatic rings. The predicted octanol–water partition coefficient (Wildman–Crippen LogP) is 1.99. The van der Waals surface area contributed by atoms with Crippen molar-refractivity contribution in [3.05, 3.63) is 29.1 Å². The van der Waals surface area contributed by atoms with Crippen LogP contribution >= 0.6 is 0 Å². The smallest absolute Gasteiger partial charge is 0.241 e. The van der Waals surface area contributed by atoms with E-state index in [1.54, 1.807) is 13.8 Å². The molecule has 0 spiro atoms. The molecule has 0 saturated heterocycles. The quantitative estimate of drug-likeness (QED) is 0.896. The summed E-state index contributed by atoms with van der Waals surface area (Å²) in [5, 5.41) is 0. The summed E-state index contributed by atoms with van der Waals surface area (Å²) in [4.78, 5) is 0.189. The molecule has 0 atom stereocenters. The number of aryl methyl sites for hydroxylation is 2. The highest BCUT2D eigenvalue weighted by molar-refractivity contribution is 7.89. The van der Waals surface area contributed by atoms with E-state index in [0.717, 1.165) is 25.7 Å². The van der Waals surface area contributed by atoms with Gasteiger partial charge in [-0.3, -0.25) is 0 Å². The van der Waals surface area contributed by atoms with Gasteiger partial charge < -0.3 is 5.73 Å². The minimum atomic E-state index is -3.61. The number of hydrogen-bond acceptors (Lipinski definition) is 3. The molecule has 0 amide bonds. The second-order valence-corrected chi connectivity index (χ2v) is 7.25. The summed E-state index contributed by atoms with van der Waals surface area (Å²) in [6.07, 6.45) is 3.16. The van der Waals surface area contributed by atoms with Gasteiger partial charge in [0.15, 0.2) is 0 Å². The van der Waals surface area contributed by atoms with Gasteiger partial charge in [-0.1, -0.05) is 0 Å². The van der Waals surface area contributed by atoms with Gasteiger partial charge in [-0.25, -0.2) is 17.5 Å². The molecule has 0 radical (unpaired) electrons. The molecule has 0 bridgehead atoms. The lowest BCUT2D eigenvalue weighted by Gasteiger charge is -2.27. The number of hydrogen-bond donors (Lipinski definition) is 2. The number of benzene rings is 1.